The number of ether oxygens (including phenoxy) is 1. The van der Waals surface area contributed by atoms with Gasteiger partial charge in [-0.1, -0.05) is 19.1 Å². The molecule has 2 N–H and O–H groups in total. The van der Waals surface area contributed by atoms with Crippen LogP contribution < -0.4 is 5.32 Å². The first-order valence-corrected chi connectivity index (χ1v) is 5.37. The third-order valence-corrected chi connectivity index (χ3v) is 2.50. The van der Waals surface area contributed by atoms with Gasteiger partial charge in [-0.25, -0.2) is 4.39 Å². The Balaban J connectivity index is 2.66. The molecule has 1 rings (SSSR count). The molecule has 5 heteroatoms. The Labute approximate surface area is 99.4 Å². The summed E-state index contributed by atoms with van der Waals surface area (Å²) in [6.45, 7) is 2.04. The Kier molecular flexibility index (Phi) is 4.90. The summed E-state index contributed by atoms with van der Waals surface area (Å²) in [5.74, 6) is -1.43. The van der Waals surface area contributed by atoms with E-state index in [4.69, 9.17) is 0 Å². The van der Waals surface area contributed by atoms with Gasteiger partial charge in [0.25, 0.3) is 0 Å². The molecular weight excluding hydrogens is 225 g/mol. The molecule has 0 fully saturated rings. The summed E-state index contributed by atoms with van der Waals surface area (Å²) in [5, 5.41) is 12.4. The summed E-state index contributed by atoms with van der Waals surface area (Å²) in [7, 11) is 1.31. The predicted octanol–water partition coefficient (Wildman–Crippen LogP) is 1.57. The summed E-state index contributed by atoms with van der Waals surface area (Å²) < 4.78 is 17.6. The van der Waals surface area contributed by atoms with Crippen LogP contribution in [0.25, 0.3) is 0 Å². The minimum absolute atomic E-state index is 0.206. The number of phenolic OH excluding ortho intramolecular Hbond substituents is 1. The van der Waals surface area contributed by atoms with Crippen molar-refractivity contribution in [3.63, 3.8) is 0 Å². The van der Waals surface area contributed by atoms with E-state index >= 15 is 0 Å². The first-order chi connectivity index (χ1) is 8.10. The molecule has 0 aromatic heterocycles. The van der Waals surface area contributed by atoms with Crippen LogP contribution in [0.1, 0.15) is 18.9 Å². The van der Waals surface area contributed by atoms with Gasteiger partial charge in [-0.3, -0.25) is 4.79 Å². The van der Waals surface area contributed by atoms with Crippen LogP contribution in [0.2, 0.25) is 0 Å². The topological polar surface area (TPSA) is 58.6 Å². The number of hydrogen-bond donors (Lipinski definition) is 2. The minimum Gasteiger partial charge on any atom is -0.505 e. The number of carbonyl (C=O) groups is 1. The van der Waals surface area contributed by atoms with E-state index in [1.165, 1.54) is 19.2 Å². The van der Waals surface area contributed by atoms with Crippen molar-refractivity contribution >= 4 is 5.97 Å². The zero-order valence-electron chi connectivity index (χ0n) is 9.87. The second-order valence-electron chi connectivity index (χ2n) is 3.61. The highest BCUT2D eigenvalue weighted by Crippen LogP contribution is 2.20. The summed E-state index contributed by atoms with van der Waals surface area (Å²) in [4.78, 5) is 11.3. The molecule has 94 valence electrons. The molecule has 0 aliphatic heterocycles. The number of aromatic hydroxyl groups is 1. The summed E-state index contributed by atoms with van der Waals surface area (Å²) in [6, 6.07) is 3.82. The number of phenols is 1. The van der Waals surface area contributed by atoms with E-state index in [0.717, 1.165) is 0 Å². The first kappa shape index (κ1) is 13.4. The molecule has 1 aromatic rings. The predicted molar refractivity (Wildman–Crippen MR) is 61.0 cm³/mol. The quantitative estimate of drug-likeness (QED) is 0.768. The molecule has 0 amide bonds. The van der Waals surface area contributed by atoms with Crippen molar-refractivity contribution in [1.29, 1.82) is 0 Å². The highest BCUT2D eigenvalue weighted by atomic mass is 19.1. The van der Waals surface area contributed by atoms with E-state index in [1.54, 1.807) is 6.07 Å². The Morgan fingerprint density at radius 2 is 2.29 bits per heavy atom. The Bertz CT molecular complexity index is 395. The second-order valence-corrected chi connectivity index (χ2v) is 3.61. The number of hydrogen-bond acceptors (Lipinski definition) is 4. The van der Waals surface area contributed by atoms with Crippen molar-refractivity contribution in [1.82, 2.24) is 5.32 Å². The third kappa shape index (κ3) is 3.42. The summed E-state index contributed by atoms with van der Waals surface area (Å²) >= 11 is 0. The van der Waals surface area contributed by atoms with E-state index in [-0.39, 0.29) is 18.3 Å². The maximum Gasteiger partial charge on any atom is 0.322 e. The van der Waals surface area contributed by atoms with Crippen molar-refractivity contribution < 1.29 is 19.0 Å². The van der Waals surface area contributed by atoms with Gasteiger partial charge in [-0.2, -0.15) is 0 Å². The lowest BCUT2D eigenvalue weighted by Crippen LogP contribution is -2.36. The van der Waals surface area contributed by atoms with Crippen LogP contribution >= 0.6 is 0 Å². The monoisotopic (exact) mass is 241 g/mol. The van der Waals surface area contributed by atoms with Crippen LogP contribution in [0.15, 0.2) is 18.2 Å². The molecule has 0 saturated carbocycles. The van der Waals surface area contributed by atoms with Crippen molar-refractivity contribution in [3.05, 3.63) is 29.6 Å². The van der Waals surface area contributed by atoms with Crippen LogP contribution in [-0.4, -0.2) is 24.2 Å². The van der Waals surface area contributed by atoms with Gasteiger partial charge in [-0.05, 0) is 12.5 Å². The van der Waals surface area contributed by atoms with Gasteiger partial charge in [0.05, 0.1) is 7.11 Å². The third-order valence-electron chi connectivity index (χ3n) is 2.50. The number of esters is 1. The van der Waals surface area contributed by atoms with Gasteiger partial charge < -0.3 is 15.2 Å². The average molecular weight is 241 g/mol. The molecule has 0 aliphatic rings. The lowest BCUT2D eigenvalue weighted by molar-refractivity contribution is -0.143. The maximum atomic E-state index is 13.0. The van der Waals surface area contributed by atoms with E-state index in [9.17, 15) is 14.3 Å². The number of benzene rings is 1. The molecule has 17 heavy (non-hydrogen) atoms. The van der Waals surface area contributed by atoms with Crippen molar-refractivity contribution in [3.8, 4) is 5.75 Å². The van der Waals surface area contributed by atoms with Crippen molar-refractivity contribution in [2.24, 2.45) is 0 Å². The first-order valence-electron chi connectivity index (χ1n) is 5.37. The lowest BCUT2D eigenvalue weighted by Gasteiger charge is -2.15. The fourth-order valence-electron chi connectivity index (χ4n) is 1.47. The van der Waals surface area contributed by atoms with Crippen LogP contribution in [-0.2, 0) is 16.1 Å². The van der Waals surface area contributed by atoms with Crippen molar-refractivity contribution in [2.75, 3.05) is 7.11 Å². The number of methoxy groups -OCH3 is 1. The minimum atomic E-state index is -0.671. The molecule has 0 bridgehead atoms. The number of halogens is 1. The fourth-order valence-corrected chi connectivity index (χ4v) is 1.47. The number of nitrogens with one attached hydrogen (secondary N) is 1. The summed E-state index contributed by atoms with van der Waals surface area (Å²) in [6.07, 6.45) is 0.558. The van der Waals surface area contributed by atoms with E-state index < -0.39 is 11.9 Å². The number of para-hydroxylation sites is 1. The van der Waals surface area contributed by atoms with Gasteiger partial charge in [0.1, 0.15) is 6.04 Å². The van der Waals surface area contributed by atoms with E-state index in [2.05, 4.69) is 10.1 Å². The Hall–Kier alpha value is -1.62. The van der Waals surface area contributed by atoms with Gasteiger partial charge >= 0.3 is 5.97 Å². The van der Waals surface area contributed by atoms with E-state index in [1.807, 2.05) is 6.92 Å². The maximum absolute atomic E-state index is 13.0. The van der Waals surface area contributed by atoms with Gasteiger partial charge in [0.15, 0.2) is 11.6 Å². The molecule has 0 radical (unpaired) electrons. The molecule has 0 saturated heterocycles. The van der Waals surface area contributed by atoms with E-state index in [0.29, 0.717) is 12.0 Å². The summed E-state index contributed by atoms with van der Waals surface area (Å²) in [5.41, 5.74) is 0.410. The number of carbonyl (C=O) groups excluding carboxylic acids is 1. The largest absolute Gasteiger partial charge is 0.505 e. The van der Waals surface area contributed by atoms with Crippen LogP contribution in [0.3, 0.4) is 0 Å². The molecule has 1 unspecified atom stereocenters. The molecule has 1 aromatic carbocycles. The van der Waals surface area contributed by atoms with Crippen LogP contribution in [0.5, 0.6) is 5.75 Å². The smallest absolute Gasteiger partial charge is 0.322 e. The zero-order valence-corrected chi connectivity index (χ0v) is 9.87. The molecule has 0 aliphatic carbocycles. The zero-order chi connectivity index (χ0) is 12.8. The standard InChI is InChI=1S/C12H16FNO3/c1-3-10(12(16)17-2)14-7-8-5-4-6-9(13)11(8)15/h4-6,10,14-15H,3,7H2,1-2H3. The van der Waals surface area contributed by atoms with Gasteiger partial charge in [0.2, 0.25) is 0 Å². The van der Waals surface area contributed by atoms with Crippen LogP contribution in [0, 0.1) is 5.82 Å². The van der Waals surface area contributed by atoms with Gasteiger partial charge in [-0.15, -0.1) is 0 Å². The molecule has 1 atom stereocenters. The van der Waals surface area contributed by atoms with Crippen molar-refractivity contribution in [2.45, 2.75) is 25.9 Å². The molecule has 4 nitrogen and oxygen atoms in total. The van der Waals surface area contributed by atoms with Gasteiger partial charge in [0, 0.05) is 12.1 Å². The van der Waals surface area contributed by atoms with Crippen LogP contribution in [0.4, 0.5) is 4.39 Å². The second kappa shape index (κ2) is 6.20. The normalized spacial score (nSPS) is 12.2. The average Bonchev–Trinajstić information content (AvgIpc) is 2.34. The highest BCUT2D eigenvalue weighted by Gasteiger charge is 2.16. The number of rotatable bonds is 5. The fraction of sp³-hybridized carbons (Fsp3) is 0.417. The molecule has 0 spiro atoms. The Morgan fingerprint density at radius 1 is 1.59 bits per heavy atom. The SMILES string of the molecule is CCC(NCc1cccc(F)c1O)C(=O)OC. The molecular formula is C12H16FNO3. The Morgan fingerprint density at radius 3 is 2.88 bits per heavy atom. The molecule has 0 heterocycles. The lowest BCUT2D eigenvalue weighted by atomic mass is 10.1. The highest BCUT2D eigenvalue weighted by molar-refractivity contribution is 5.75.